The number of nitrogens with two attached hydrogens (primary N) is 1. The average molecular weight is 130 g/mol. The van der Waals surface area contributed by atoms with Crippen LogP contribution in [0.1, 0.15) is 6.42 Å². The minimum atomic E-state index is 0.281. The van der Waals surface area contributed by atoms with Crippen LogP contribution in [0.5, 0.6) is 0 Å². The van der Waals surface area contributed by atoms with E-state index in [-0.39, 0.29) is 6.04 Å². The van der Waals surface area contributed by atoms with Crippen molar-refractivity contribution in [1.29, 1.82) is 0 Å². The number of piperidine rings is 1. The lowest BCUT2D eigenvalue weighted by molar-refractivity contribution is 0.0747. The third-order valence-electron chi connectivity index (χ3n) is 1.68. The van der Waals surface area contributed by atoms with Gasteiger partial charge >= 0.3 is 0 Å². The maximum Gasteiger partial charge on any atom is 0.0710 e. The summed E-state index contributed by atoms with van der Waals surface area (Å²) < 4.78 is 5.12. The molecule has 3 nitrogen and oxygen atoms in total. The molecule has 9 heavy (non-hydrogen) atoms. The van der Waals surface area contributed by atoms with E-state index in [9.17, 15) is 0 Å². The molecule has 0 radical (unpaired) electrons. The van der Waals surface area contributed by atoms with Gasteiger partial charge in [0, 0.05) is 26.2 Å². The minimum Gasteiger partial charge on any atom is -0.380 e. The molecule has 0 bridgehead atoms. The highest BCUT2D eigenvalue weighted by Crippen LogP contribution is 2.02. The second-order valence-corrected chi connectivity index (χ2v) is 2.51. The smallest absolute Gasteiger partial charge is 0.0710 e. The van der Waals surface area contributed by atoms with Gasteiger partial charge in [0.2, 0.25) is 0 Å². The van der Waals surface area contributed by atoms with E-state index in [0.717, 1.165) is 19.5 Å². The van der Waals surface area contributed by atoms with Crippen LogP contribution in [0, 0.1) is 0 Å². The predicted octanol–water partition coefficient (Wildman–Crippen LogP) is -0.678. The summed E-state index contributed by atoms with van der Waals surface area (Å²) in [6.07, 6.45) is 1.32. The minimum absolute atomic E-state index is 0.281. The van der Waals surface area contributed by atoms with Gasteiger partial charge in [-0.2, -0.15) is 0 Å². The maximum atomic E-state index is 5.66. The SMILES string of the molecule is CO[C@@H]1CNC[C@H](N)C1. The van der Waals surface area contributed by atoms with Crippen molar-refractivity contribution in [2.24, 2.45) is 5.73 Å². The van der Waals surface area contributed by atoms with Gasteiger partial charge in [-0.05, 0) is 6.42 Å². The van der Waals surface area contributed by atoms with Gasteiger partial charge in [0.1, 0.15) is 0 Å². The first kappa shape index (κ1) is 6.99. The van der Waals surface area contributed by atoms with Crippen LogP contribution in [0.3, 0.4) is 0 Å². The number of nitrogens with one attached hydrogen (secondary N) is 1. The van der Waals surface area contributed by atoms with Gasteiger partial charge in [-0.3, -0.25) is 0 Å². The lowest BCUT2D eigenvalue weighted by Gasteiger charge is -2.26. The molecule has 1 heterocycles. The van der Waals surface area contributed by atoms with E-state index in [1.807, 2.05) is 0 Å². The van der Waals surface area contributed by atoms with E-state index in [4.69, 9.17) is 10.5 Å². The van der Waals surface area contributed by atoms with Gasteiger partial charge in [-0.15, -0.1) is 0 Å². The number of ether oxygens (including phenoxy) is 1. The van der Waals surface area contributed by atoms with Gasteiger partial charge in [0.05, 0.1) is 6.10 Å². The molecule has 1 saturated heterocycles. The highest BCUT2D eigenvalue weighted by molar-refractivity contribution is 4.78. The summed E-state index contributed by atoms with van der Waals surface area (Å²) >= 11 is 0. The molecular formula is C6H14N2O. The second kappa shape index (κ2) is 3.15. The first-order valence-electron chi connectivity index (χ1n) is 3.32. The summed E-state index contributed by atoms with van der Waals surface area (Å²) in [6, 6.07) is 0.281. The maximum absolute atomic E-state index is 5.66. The Hall–Kier alpha value is -0.120. The molecular weight excluding hydrogens is 116 g/mol. The lowest BCUT2D eigenvalue weighted by Crippen LogP contribution is -2.47. The predicted molar refractivity (Wildman–Crippen MR) is 36.3 cm³/mol. The quantitative estimate of drug-likeness (QED) is 0.494. The summed E-state index contributed by atoms with van der Waals surface area (Å²) in [6.45, 7) is 1.88. The molecule has 0 aromatic rings. The molecule has 2 atom stereocenters. The normalized spacial score (nSPS) is 36.7. The fourth-order valence-corrected chi connectivity index (χ4v) is 1.11. The van der Waals surface area contributed by atoms with Gasteiger partial charge in [0.25, 0.3) is 0 Å². The second-order valence-electron chi connectivity index (χ2n) is 2.51. The molecule has 0 amide bonds. The van der Waals surface area contributed by atoms with Crippen LogP contribution in [0.2, 0.25) is 0 Å². The zero-order valence-electron chi connectivity index (χ0n) is 5.76. The molecule has 54 valence electrons. The van der Waals surface area contributed by atoms with Crippen molar-refractivity contribution >= 4 is 0 Å². The third-order valence-corrected chi connectivity index (χ3v) is 1.68. The Labute approximate surface area is 55.6 Å². The Bertz CT molecular complexity index is 87.1. The Morgan fingerprint density at radius 3 is 2.78 bits per heavy atom. The van der Waals surface area contributed by atoms with Gasteiger partial charge in [-0.25, -0.2) is 0 Å². The van der Waals surface area contributed by atoms with E-state index in [1.165, 1.54) is 0 Å². The van der Waals surface area contributed by atoms with E-state index >= 15 is 0 Å². The van der Waals surface area contributed by atoms with E-state index < -0.39 is 0 Å². The van der Waals surface area contributed by atoms with Crippen LogP contribution in [-0.2, 0) is 4.74 Å². The van der Waals surface area contributed by atoms with Crippen LogP contribution in [-0.4, -0.2) is 32.3 Å². The zero-order valence-corrected chi connectivity index (χ0v) is 5.76. The molecule has 0 saturated carbocycles. The molecule has 3 N–H and O–H groups in total. The summed E-state index contributed by atoms with van der Waals surface area (Å²) in [4.78, 5) is 0. The van der Waals surface area contributed by atoms with Crippen molar-refractivity contribution in [1.82, 2.24) is 5.32 Å². The van der Waals surface area contributed by atoms with Crippen molar-refractivity contribution in [3.05, 3.63) is 0 Å². The largest absolute Gasteiger partial charge is 0.380 e. The Morgan fingerprint density at radius 2 is 2.33 bits per heavy atom. The number of methoxy groups -OCH3 is 1. The Balaban J connectivity index is 2.23. The molecule has 0 aliphatic carbocycles. The van der Waals surface area contributed by atoms with Gasteiger partial charge in [-0.1, -0.05) is 0 Å². The molecule has 0 unspecified atom stereocenters. The summed E-state index contributed by atoms with van der Waals surface area (Å²) in [5, 5.41) is 3.19. The van der Waals surface area contributed by atoms with E-state index in [2.05, 4.69) is 5.32 Å². The number of hydrogen-bond acceptors (Lipinski definition) is 3. The Morgan fingerprint density at radius 1 is 1.56 bits per heavy atom. The molecule has 1 aliphatic heterocycles. The Kier molecular flexibility index (Phi) is 2.45. The third kappa shape index (κ3) is 1.93. The summed E-state index contributed by atoms with van der Waals surface area (Å²) in [5.74, 6) is 0. The first-order chi connectivity index (χ1) is 4.33. The van der Waals surface area contributed by atoms with Crippen molar-refractivity contribution in [3.63, 3.8) is 0 Å². The standard InChI is InChI=1S/C6H14N2O/c1-9-6-2-5(7)3-8-4-6/h5-6,8H,2-4,7H2,1H3/t5-,6+/m1/s1. The highest BCUT2D eigenvalue weighted by atomic mass is 16.5. The fourth-order valence-electron chi connectivity index (χ4n) is 1.11. The molecule has 1 rings (SSSR count). The number of hydrogen-bond donors (Lipinski definition) is 2. The fraction of sp³-hybridized carbons (Fsp3) is 1.00. The average Bonchev–Trinajstić information content (AvgIpc) is 1.88. The molecule has 0 aromatic heterocycles. The molecule has 1 aliphatic rings. The molecule has 0 aromatic carbocycles. The van der Waals surface area contributed by atoms with Crippen molar-refractivity contribution in [2.75, 3.05) is 20.2 Å². The molecule has 3 heteroatoms. The summed E-state index contributed by atoms with van der Waals surface area (Å²) in [7, 11) is 1.73. The van der Waals surface area contributed by atoms with Crippen molar-refractivity contribution in [3.8, 4) is 0 Å². The lowest BCUT2D eigenvalue weighted by atomic mass is 10.1. The van der Waals surface area contributed by atoms with Crippen LogP contribution >= 0.6 is 0 Å². The zero-order chi connectivity index (χ0) is 6.69. The van der Waals surface area contributed by atoms with Crippen molar-refractivity contribution < 1.29 is 4.74 Å². The molecule has 0 spiro atoms. The highest BCUT2D eigenvalue weighted by Gasteiger charge is 2.17. The van der Waals surface area contributed by atoms with E-state index in [1.54, 1.807) is 7.11 Å². The summed E-state index contributed by atoms with van der Waals surface area (Å²) in [5.41, 5.74) is 5.66. The first-order valence-corrected chi connectivity index (χ1v) is 3.32. The van der Waals surface area contributed by atoms with Gasteiger partial charge < -0.3 is 15.8 Å². The van der Waals surface area contributed by atoms with Gasteiger partial charge in [0.15, 0.2) is 0 Å². The van der Waals surface area contributed by atoms with Crippen molar-refractivity contribution in [2.45, 2.75) is 18.6 Å². The van der Waals surface area contributed by atoms with Crippen LogP contribution < -0.4 is 11.1 Å². The van der Waals surface area contributed by atoms with Crippen LogP contribution in [0.15, 0.2) is 0 Å². The molecule has 1 fully saturated rings. The number of rotatable bonds is 1. The van der Waals surface area contributed by atoms with Crippen LogP contribution in [0.25, 0.3) is 0 Å². The van der Waals surface area contributed by atoms with E-state index in [0.29, 0.717) is 6.10 Å². The van der Waals surface area contributed by atoms with Crippen LogP contribution in [0.4, 0.5) is 0 Å². The monoisotopic (exact) mass is 130 g/mol. The topological polar surface area (TPSA) is 47.3 Å².